The van der Waals surface area contributed by atoms with E-state index in [1.54, 1.807) is 18.2 Å². The number of hydrogen-bond acceptors (Lipinski definition) is 3. The summed E-state index contributed by atoms with van der Waals surface area (Å²) in [5.41, 5.74) is 1.33. The average Bonchev–Trinajstić information content (AvgIpc) is 2.17. The van der Waals surface area contributed by atoms with E-state index in [4.69, 9.17) is 11.6 Å². The number of benzene rings is 1. The number of nitro groups is 1. The Labute approximate surface area is 90.7 Å². The van der Waals surface area contributed by atoms with Gasteiger partial charge in [-0.25, -0.2) is 0 Å². The molecule has 0 atom stereocenters. The van der Waals surface area contributed by atoms with Crippen LogP contribution in [0.5, 0.6) is 0 Å². The molecule has 76 valence electrons. The van der Waals surface area contributed by atoms with Crippen LogP contribution in [0.1, 0.15) is 5.69 Å². The van der Waals surface area contributed by atoms with Crippen LogP contribution in [0.25, 0.3) is 10.9 Å². The lowest BCUT2D eigenvalue weighted by atomic mass is 10.1. The second-order valence-corrected chi connectivity index (χ2v) is 3.58. The molecule has 0 aliphatic heterocycles. The molecule has 0 radical (unpaired) electrons. The molecule has 1 aromatic carbocycles. The van der Waals surface area contributed by atoms with Crippen LogP contribution in [-0.2, 0) is 0 Å². The Bertz CT molecular complexity index is 554. The zero-order chi connectivity index (χ0) is 11.0. The second kappa shape index (κ2) is 3.47. The molecule has 0 aliphatic rings. The first-order valence-electron chi connectivity index (χ1n) is 4.30. The average molecular weight is 223 g/mol. The summed E-state index contributed by atoms with van der Waals surface area (Å²) in [6, 6.07) is 6.57. The lowest BCUT2D eigenvalue weighted by Gasteiger charge is -2.01. The lowest BCUT2D eigenvalue weighted by Crippen LogP contribution is -1.92. The quantitative estimate of drug-likeness (QED) is 0.550. The Morgan fingerprint density at radius 1 is 1.33 bits per heavy atom. The summed E-state index contributed by atoms with van der Waals surface area (Å²) in [6.07, 6.45) is 0. The third kappa shape index (κ3) is 1.64. The van der Waals surface area contributed by atoms with Crippen molar-refractivity contribution in [2.75, 3.05) is 0 Å². The molecule has 4 nitrogen and oxygen atoms in total. The standard InChI is InChI=1S/C10H7ClN2O2/c1-6-2-3-7-9(12-6)5-4-8(11)10(7)13(14)15/h2-5H,1H3. The number of hydrogen-bond donors (Lipinski definition) is 0. The predicted octanol–water partition coefficient (Wildman–Crippen LogP) is 3.10. The van der Waals surface area contributed by atoms with Gasteiger partial charge in [-0.15, -0.1) is 0 Å². The van der Waals surface area contributed by atoms with Gasteiger partial charge < -0.3 is 0 Å². The maximum atomic E-state index is 10.8. The van der Waals surface area contributed by atoms with Gasteiger partial charge in [-0.1, -0.05) is 11.6 Å². The summed E-state index contributed by atoms with van der Waals surface area (Å²) in [4.78, 5) is 14.5. The van der Waals surface area contributed by atoms with Crippen molar-refractivity contribution >= 4 is 28.2 Å². The number of fused-ring (bicyclic) bond motifs is 1. The fourth-order valence-corrected chi connectivity index (χ4v) is 1.68. The molecule has 0 bridgehead atoms. The lowest BCUT2D eigenvalue weighted by molar-refractivity contribution is -0.382. The Kier molecular flexibility index (Phi) is 2.28. The van der Waals surface area contributed by atoms with E-state index in [1.165, 1.54) is 6.07 Å². The van der Waals surface area contributed by atoms with Gasteiger partial charge in [-0.05, 0) is 31.2 Å². The van der Waals surface area contributed by atoms with E-state index in [0.717, 1.165) is 5.69 Å². The smallest absolute Gasteiger partial charge is 0.258 e. The number of nitrogens with zero attached hydrogens (tertiary/aromatic N) is 2. The normalized spacial score (nSPS) is 10.5. The maximum absolute atomic E-state index is 10.8. The molecule has 0 saturated carbocycles. The molecule has 5 heteroatoms. The minimum absolute atomic E-state index is 0.0818. The third-order valence-electron chi connectivity index (χ3n) is 2.12. The number of aryl methyl sites for hydroxylation is 1. The maximum Gasteiger partial charge on any atom is 0.297 e. The number of halogens is 1. The first-order valence-corrected chi connectivity index (χ1v) is 4.67. The minimum atomic E-state index is -0.484. The van der Waals surface area contributed by atoms with E-state index >= 15 is 0 Å². The monoisotopic (exact) mass is 222 g/mol. The molecule has 2 aromatic rings. The van der Waals surface area contributed by atoms with Gasteiger partial charge in [0.2, 0.25) is 0 Å². The Morgan fingerprint density at radius 3 is 2.73 bits per heavy atom. The van der Waals surface area contributed by atoms with Gasteiger partial charge in [0.15, 0.2) is 0 Å². The van der Waals surface area contributed by atoms with Crippen LogP contribution in [0.15, 0.2) is 24.3 Å². The van der Waals surface area contributed by atoms with Crippen LogP contribution in [0.4, 0.5) is 5.69 Å². The largest absolute Gasteiger partial charge is 0.297 e. The second-order valence-electron chi connectivity index (χ2n) is 3.17. The first kappa shape index (κ1) is 9.86. The zero-order valence-corrected chi connectivity index (χ0v) is 8.65. The van der Waals surface area contributed by atoms with Crippen LogP contribution in [0.3, 0.4) is 0 Å². The number of rotatable bonds is 1. The summed E-state index contributed by atoms with van der Waals surface area (Å²) in [5.74, 6) is 0. The van der Waals surface area contributed by atoms with Crippen molar-refractivity contribution in [3.05, 3.63) is 45.1 Å². The molecule has 0 fully saturated rings. The molecule has 2 rings (SSSR count). The number of nitro benzene ring substituents is 1. The van der Waals surface area contributed by atoms with Gasteiger partial charge in [0.1, 0.15) is 5.02 Å². The van der Waals surface area contributed by atoms with E-state index in [9.17, 15) is 10.1 Å². The van der Waals surface area contributed by atoms with Crippen molar-refractivity contribution < 1.29 is 4.92 Å². The molecule has 0 aliphatic carbocycles. The SMILES string of the molecule is Cc1ccc2c([N+](=O)[O-])c(Cl)ccc2n1. The van der Waals surface area contributed by atoms with Gasteiger partial charge in [-0.3, -0.25) is 15.1 Å². The molecule has 0 unspecified atom stereocenters. The van der Waals surface area contributed by atoms with Crippen LogP contribution in [0.2, 0.25) is 5.02 Å². The topological polar surface area (TPSA) is 56.0 Å². The molecular weight excluding hydrogens is 216 g/mol. The van der Waals surface area contributed by atoms with E-state index in [-0.39, 0.29) is 10.7 Å². The molecule has 0 spiro atoms. The fraction of sp³-hybridized carbons (Fsp3) is 0.100. The van der Waals surface area contributed by atoms with E-state index in [0.29, 0.717) is 10.9 Å². The zero-order valence-electron chi connectivity index (χ0n) is 7.90. The molecule has 0 saturated heterocycles. The summed E-state index contributed by atoms with van der Waals surface area (Å²) in [6.45, 7) is 1.83. The van der Waals surface area contributed by atoms with Gasteiger partial charge in [0.25, 0.3) is 5.69 Å². The summed E-state index contributed by atoms with van der Waals surface area (Å²) in [5, 5.41) is 11.4. The summed E-state index contributed by atoms with van der Waals surface area (Å²) in [7, 11) is 0. The molecule has 1 aromatic heterocycles. The first-order chi connectivity index (χ1) is 7.09. The molecule has 1 heterocycles. The van der Waals surface area contributed by atoms with Crippen molar-refractivity contribution in [3.8, 4) is 0 Å². The van der Waals surface area contributed by atoms with Crippen molar-refractivity contribution in [1.29, 1.82) is 0 Å². The van der Waals surface area contributed by atoms with Crippen molar-refractivity contribution in [1.82, 2.24) is 4.98 Å². The van der Waals surface area contributed by atoms with Crippen LogP contribution < -0.4 is 0 Å². The molecule has 0 amide bonds. The number of aromatic nitrogens is 1. The van der Waals surface area contributed by atoms with E-state index < -0.39 is 4.92 Å². The van der Waals surface area contributed by atoms with E-state index in [2.05, 4.69) is 4.98 Å². The van der Waals surface area contributed by atoms with Crippen molar-refractivity contribution in [2.24, 2.45) is 0 Å². The van der Waals surface area contributed by atoms with Crippen LogP contribution >= 0.6 is 11.6 Å². The predicted molar refractivity (Wildman–Crippen MR) is 58.1 cm³/mol. The highest BCUT2D eigenvalue weighted by atomic mass is 35.5. The van der Waals surface area contributed by atoms with Crippen molar-refractivity contribution in [2.45, 2.75) is 6.92 Å². The van der Waals surface area contributed by atoms with Gasteiger partial charge in [0, 0.05) is 5.69 Å². The minimum Gasteiger partial charge on any atom is -0.258 e. The van der Waals surface area contributed by atoms with Crippen molar-refractivity contribution in [3.63, 3.8) is 0 Å². The highest BCUT2D eigenvalue weighted by molar-refractivity contribution is 6.34. The molecular formula is C10H7ClN2O2. The molecule has 0 N–H and O–H groups in total. The number of pyridine rings is 1. The Morgan fingerprint density at radius 2 is 2.07 bits per heavy atom. The Hall–Kier alpha value is -1.68. The summed E-state index contributed by atoms with van der Waals surface area (Å²) < 4.78 is 0. The van der Waals surface area contributed by atoms with Gasteiger partial charge in [-0.2, -0.15) is 0 Å². The van der Waals surface area contributed by atoms with Gasteiger partial charge in [0.05, 0.1) is 15.8 Å². The van der Waals surface area contributed by atoms with Crippen LogP contribution in [-0.4, -0.2) is 9.91 Å². The van der Waals surface area contributed by atoms with E-state index in [1.807, 2.05) is 6.92 Å². The van der Waals surface area contributed by atoms with Crippen LogP contribution in [0, 0.1) is 17.0 Å². The highest BCUT2D eigenvalue weighted by Crippen LogP contribution is 2.32. The molecule has 15 heavy (non-hydrogen) atoms. The third-order valence-corrected chi connectivity index (χ3v) is 2.42. The highest BCUT2D eigenvalue weighted by Gasteiger charge is 2.17. The fourth-order valence-electron chi connectivity index (χ4n) is 1.45. The van der Waals surface area contributed by atoms with Gasteiger partial charge >= 0.3 is 0 Å². The summed E-state index contributed by atoms with van der Waals surface area (Å²) >= 11 is 5.77. The Balaban J connectivity index is 2.88.